The topological polar surface area (TPSA) is 20.2 Å². The van der Waals surface area contributed by atoms with Crippen molar-refractivity contribution in [1.82, 2.24) is 0 Å². The molecule has 2 aromatic carbocycles. The maximum Gasteiger partial charge on any atom is 0.141 e. The van der Waals surface area contributed by atoms with Crippen LogP contribution in [-0.2, 0) is 6.42 Å². The normalized spacial score (nSPS) is 12.5. The van der Waals surface area contributed by atoms with Gasteiger partial charge in [-0.2, -0.15) is 0 Å². The van der Waals surface area contributed by atoms with Gasteiger partial charge in [0.15, 0.2) is 0 Å². The van der Waals surface area contributed by atoms with Gasteiger partial charge >= 0.3 is 0 Å². The van der Waals surface area contributed by atoms with E-state index in [1.807, 2.05) is 0 Å². The van der Waals surface area contributed by atoms with E-state index in [1.165, 1.54) is 24.3 Å². The fourth-order valence-electron chi connectivity index (χ4n) is 1.82. The summed E-state index contributed by atoms with van der Waals surface area (Å²) in [6.45, 7) is 0. The third-order valence-electron chi connectivity index (χ3n) is 2.75. The molecule has 1 unspecified atom stereocenters. The summed E-state index contributed by atoms with van der Waals surface area (Å²) in [5, 5.41) is 10.1. The average molecular weight is 348 g/mol. The van der Waals surface area contributed by atoms with Crippen molar-refractivity contribution >= 4 is 27.5 Å². The Balaban J connectivity index is 2.25. The number of hydrogen-bond donors (Lipinski definition) is 1. The Hall–Kier alpha value is -0.970. The molecule has 1 N–H and O–H groups in total. The van der Waals surface area contributed by atoms with E-state index in [1.54, 1.807) is 12.1 Å². The van der Waals surface area contributed by atoms with Gasteiger partial charge in [0.2, 0.25) is 0 Å². The zero-order chi connectivity index (χ0) is 14.0. The first-order valence-electron chi connectivity index (χ1n) is 5.55. The van der Waals surface area contributed by atoms with E-state index in [0.717, 1.165) is 0 Å². The van der Waals surface area contributed by atoms with Crippen molar-refractivity contribution in [3.63, 3.8) is 0 Å². The smallest absolute Gasteiger partial charge is 0.141 e. The summed E-state index contributed by atoms with van der Waals surface area (Å²) >= 11 is 8.87. The van der Waals surface area contributed by atoms with Crippen LogP contribution in [0.1, 0.15) is 17.2 Å². The molecule has 0 aliphatic rings. The summed E-state index contributed by atoms with van der Waals surface area (Å²) < 4.78 is 27.2. The highest BCUT2D eigenvalue weighted by atomic mass is 79.9. The summed E-state index contributed by atoms with van der Waals surface area (Å²) in [6.07, 6.45) is -0.878. The van der Waals surface area contributed by atoms with Gasteiger partial charge in [-0.25, -0.2) is 8.78 Å². The van der Waals surface area contributed by atoms with E-state index in [-0.39, 0.29) is 17.0 Å². The largest absolute Gasteiger partial charge is 0.388 e. The molecule has 0 amide bonds. The van der Waals surface area contributed by atoms with E-state index < -0.39 is 17.7 Å². The second-order valence-corrected chi connectivity index (χ2v) is 5.37. The van der Waals surface area contributed by atoms with Crippen molar-refractivity contribution in [2.45, 2.75) is 12.5 Å². The number of aliphatic hydroxyl groups excluding tert-OH is 1. The fourth-order valence-corrected chi connectivity index (χ4v) is 2.63. The monoisotopic (exact) mass is 346 g/mol. The Labute approximate surface area is 123 Å². The highest BCUT2D eigenvalue weighted by molar-refractivity contribution is 9.10. The fraction of sp³-hybridized carbons (Fsp3) is 0.143. The van der Waals surface area contributed by atoms with Crippen LogP contribution in [-0.4, -0.2) is 5.11 Å². The van der Waals surface area contributed by atoms with E-state index in [9.17, 15) is 13.9 Å². The molecule has 0 heterocycles. The first-order chi connectivity index (χ1) is 8.99. The van der Waals surface area contributed by atoms with Gasteiger partial charge in [0, 0.05) is 16.5 Å². The Morgan fingerprint density at radius 1 is 1.16 bits per heavy atom. The van der Waals surface area contributed by atoms with Crippen LogP contribution in [0.3, 0.4) is 0 Å². The zero-order valence-corrected chi connectivity index (χ0v) is 12.0. The van der Waals surface area contributed by atoms with Gasteiger partial charge in [-0.1, -0.05) is 39.7 Å². The van der Waals surface area contributed by atoms with Gasteiger partial charge in [0.05, 0.1) is 11.1 Å². The lowest BCUT2D eigenvalue weighted by molar-refractivity contribution is 0.173. The molecule has 0 aliphatic heterocycles. The number of aliphatic hydroxyl groups is 1. The second-order valence-electron chi connectivity index (χ2n) is 4.10. The molecule has 1 nitrogen and oxygen atoms in total. The average Bonchev–Trinajstić information content (AvgIpc) is 2.33. The van der Waals surface area contributed by atoms with E-state index in [4.69, 9.17) is 11.6 Å². The van der Waals surface area contributed by atoms with Gasteiger partial charge in [0.25, 0.3) is 0 Å². The van der Waals surface area contributed by atoms with Gasteiger partial charge < -0.3 is 5.11 Å². The van der Waals surface area contributed by atoms with Crippen LogP contribution in [0.15, 0.2) is 40.9 Å². The number of rotatable bonds is 3. The second kappa shape index (κ2) is 5.99. The van der Waals surface area contributed by atoms with Crippen molar-refractivity contribution in [2.75, 3.05) is 0 Å². The lowest BCUT2D eigenvalue weighted by Gasteiger charge is -2.14. The number of hydrogen-bond acceptors (Lipinski definition) is 1. The molecular weight excluding hydrogens is 338 g/mol. The van der Waals surface area contributed by atoms with Crippen LogP contribution in [0, 0.1) is 11.6 Å². The van der Waals surface area contributed by atoms with Gasteiger partial charge in [-0.15, -0.1) is 0 Å². The van der Waals surface area contributed by atoms with Crippen molar-refractivity contribution in [3.8, 4) is 0 Å². The van der Waals surface area contributed by atoms with Crippen molar-refractivity contribution in [3.05, 3.63) is 68.7 Å². The van der Waals surface area contributed by atoms with Crippen LogP contribution in [0.4, 0.5) is 8.78 Å². The third kappa shape index (κ3) is 3.32. The molecule has 100 valence electrons. The van der Waals surface area contributed by atoms with Crippen LogP contribution >= 0.6 is 27.5 Å². The Kier molecular flexibility index (Phi) is 4.55. The van der Waals surface area contributed by atoms with E-state index in [0.29, 0.717) is 10.0 Å². The molecule has 0 radical (unpaired) electrons. The van der Waals surface area contributed by atoms with Crippen LogP contribution in [0.5, 0.6) is 0 Å². The molecule has 0 spiro atoms. The molecule has 0 saturated carbocycles. The van der Waals surface area contributed by atoms with Crippen molar-refractivity contribution in [1.29, 1.82) is 0 Å². The zero-order valence-electron chi connectivity index (χ0n) is 9.71. The Bertz CT molecular complexity index is 584. The predicted molar refractivity (Wildman–Crippen MR) is 74.2 cm³/mol. The molecule has 5 heteroatoms. The number of halogens is 4. The molecule has 0 bridgehead atoms. The van der Waals surface area contributed by atoms with Crippen LogP contribution in [0.25, 0.3) is 0 Å². The molecule has 0 fully saturated rings. The first kappa shape index (κ1) is 14.4. The highest BCUT2D eigenvalue weighted by Crippen LogP contribution is 2.29. The van der Waals surface area contributed by atoms with E-state index >= 15 is 0 Å². The molecule has 2 rings (SSSR count). The Morgan fingerprint density at radius 3 is 2.53 bits per heavy atom. The lowest BCUT2D eigenvalue weighted by atomic mass is 10.0. The summed E-state index contributed by atoms with van der Waals surface area (Å²) in [5.74, 6) is -1.01. The molecule has 0 aliphatic carbocycles. The quantitative estimate of drug-likeness (QED) is 0.856. The SMILES string of the molecule is OC(Cc1ccc(F)c(Cl)c1)c1c(F)cccc1Br. The maximum absolute atomic E-state index is 13.7. The summed E-state index contributed by atoms with van der Waals surface area (Å²) in [6, 6.07) is 8.64. The molecular formula is C14H10BrClF2O. The van der Waals surface area contributed by atoms with Gasteiger partial charge in [-0.3, -0.25) is 0 Å². The molecule has 0 saturated heterocycles. The van der Waals surface area contributed by atoms with Crippen LogP contribution < -0.4 is 0 Å². The molecule has 1 atom stereocenters. The molecule has 2 aromatic rings. The van der Waals surface area contributed by atoms with Crippen molar-refractivity contribution < 1.29 is 13.9 Å². The van der Waals surface area contributed by atoms with Gasteiger partial charge in [-0.05, 0) is 29.8 Å². The van der Waals surface area contributed by atoms with Crippen molar-refractivity contribution in [2.24, 2.45) is 0 Å². The standard InChI is InChI=1S/C14H10BrClF2O/c15-9-2-1-3-12(18)14(9)13(19)7-8-4-5-11(17)10(16)6-8/h1-6,13,19H,7H2. The molecule has 0 aromatic heterocycles. The summed E-state index contributed by atoms with van der Waals surface area (Å²) in [5.41, 5.74) is 0.817. The summed E-state index contributed by atoms with van der Waals surface area (Å²) in [4.78, 5) is 0. The third-order valence-corrected chi connectivity index (χ3v) is 3.73. The van der Waals surface area contributed by atoms with Gasteiger partial charge in [0.1, 0.15) is 11.6 Å². The minimum Gasteiger partial charge on any atom is -0.388 e. The predicted octanol–water partition coefficient (Wildman–Crippen LogP) is 4.66. The summed E-state index contributed by atoms with van der Waals surface area (Å²) in [7, 11) is 0. The first-order valence-corrected chi connectivity index (χ1v) is 6.72. The minimum atomic E-state index is -1.03. The lowest BCUT2D eigenvalue weighted by Crippen LogP contribution is -2.05. The Morgan fingerprint density at radius 2 is 1.89 bits per heavy atom. The number of benzene rings is 2. The van der Waals surface area contributed by atoms with E-state index in [2.05, 4.69) is 15.9 Å². The maximum atomic E-state index is 13.7. The van der Waals surface area contributed by atoms with Crippen LogP contribution in [0.2, 0.25) is 5.02 Å². The minimum absolute atomic E-state index is 0.0164. The molecule has 19 heavy (non-hydrogen) atoms. The highest BCUT2D eigenvalue weighted by Gasteiger charge is 2.17.